The van der Waals surface area contributed by atoms with Crippen molar-refractivity contribution in [2.45, 2.75) is 19.5 Å². The number of aliphatic carboxylic acids is 1. The van der Waals surface area contributed by atoms with Gasteiger partial charge in [0, 0.05) is 17.2 Å². The first-order valence-corrected chi connectivity index (χ1v) is 4.95. The molecule has 5 heteroatoms. The monoisotopic (exact) mass is 258 g/mol. The predicted octanol–water partition coefficient (Wildman–Crippen LogP) is 1.41. The van der Waals surface area contributed by atoms with Gasteiger partial charge in [0.25, 0.3) is 0 Å². The van der Waals surface area contributed by atoms with Crippen molar-refractivity contribution in [1.82, 2.24) is 10.3 Å². The fourth-order valence-corrected chi connectivity index (χ4v) is 1.09. The van der Waals surface area contributed by atoms with Gasteiger partial charge in [-0.15, -0.1) is 0 Å². The van der Waals surface area contributed by atoms with Crippen LogP contribution in [0.4, 0.5) is 0 Å². The van der Waals surface area contributed by atoms with Gasteiger partial charge in [0.15, 0.2) is 0 Å². The van der Waals surface area contributed by atoms with Gasteiger partial charge in [-0.05, 0) is 35.0 Å². The molecule has 0 fully saturated rings. The summed E-state index contributed by atoms with van der Waals surface area (Å²) in [4.78, 5) is 14.6. The summed E-state index contributed by atoms with van der Waals surface area (Å²) in [5.74, 6) is -0.859. The molecule has 0 saturated carbocycles. The third-order valence-corrected chi connectivity index (χ3v) is 2.22. The Labute approximate surface area is 90.5 Å². The van der Waals surface area contributed by atoms with Crippen molar-refractivity contribution < 1.29 is 9.90 Å². The van der Waals surface area contributed by atoms with E-state index in [1.165, 1.54) is 0 Å². The molecule has 14 heavy (non-hydrogen) atoms. The van der Waals surface area contributed by atoms with Crippen LogP contribution in [0.15, 0.2) is 22.8 Å². The lowest BCUT2D eigenvalue weighted by Crippen LogP contribution is -2.33. The molecule has 0 bridgehead atoms. The van der Waals surface area contributed by atoms with E-state index in [4.69, 9.17) is 5.11 Å². The van der Waals surface area contributed by atoms with Crippen LogP contribution in [0.1, 0.15) is 12.6 Å². The van der Waals surface area contributed by atoms with Gasteiger partial charge in [0.1, 0.15) is 6.04 Å². The normalized spacial score (nSPS) is 12.4. The number of hydrogen-bond acceptors (Lipinski definition) is 3. The summed E-state index contributed by atoms with van der Waals surface area (Å²) in [6, 6.07) is 3.15. The Balaban J connectivity index is 2.46. The van der Waals surface area contributed by atoms with Crippen molar-refractivity contribution >= 4 is 21.9 Å². The molecule has 1 aromatic rings. The third kappa shape index (κ3) is 3.43. The number of pyridine rings is 1. The number of carbonyl (C=O) groups is 1. The topological polar surface area (TPSA) is 62.2 Å². The minimum Gasteiger partial charge on any atom is -0.480 e. The molecule has 0 aliphatic carbocycles. The number of nitrogens with zero attached hydrogens (tertiary/aromatic N) is 1. The number of carboxylic acids is 1. The van der Waals surface area contributed by atoms with E-state index in [1.54, 1.807) is 13.1 Å². The number of rotatable bonds is 4. The predicted molar refractivity (Wildman–Crippen MR) is 55.9 cm³/mol. The average Bonchev–Trinajstić information content (AvgIpc) is 2.16. The van der Waals surface area contributed by atoms with Gasteiger partial charge >= 0.3 is 5.97 Å². The lowest BCUT2D eigenvalue weighted by atomic mass is 10.3. The Morgan fingerprint density at radius 1 is 1.71 bits per heavy atom. The van der Waals surface area contributed by atoms with Gasteiger partial charge in [0.2, 0.25) is 0 Å². The van der Waals surface area contributed by atoms with Gasteiger partial charge < -0.3 is 5.11 Å². The van der Waals surface area contributed by atoms with Crippen LogP contribution in [0.25, 0.3) is 0 Å². The van der Waals surface area contributed by atoms with Crippen LogP contribution in [0.2, 0.25) is 0 Å². The number of halogens is 1. The third-order valence-electron chi connectivity index (χ3n) is 1.75. The number of aromatic nitrogens is 1. The Morgan fingerprint density at radius 3 is 2.93 bits per heavy atom. The van der Waals surface area contributed by atoms with Gasteiger partial charge in [-0.1, -0.05) is 0 Å². The van der Waals surface area contributed by atoms with Crippen molar-refractivity contribution in [2.75, 3.05) is 0 Å². The van der Waals surface area contributed by atoms with Crippen LogP contribution in [-0.4, -0.2) is 22.1 Å². The van der Waals surface area contributed by atoms with Crippen molar-refractivity contribution in [3.05, 3.63) is 28.5 Å². The van der Waals surface area contributed by atoms with E-state index in [-0.39, 0.29) is 0 Å². The Morgan fingerprint density at radius 2 is 2.43 bits per heavy atom. The number of hydrogen-bond donors (Lipinski definition) is 2. The summed E-state index contributed by atoms with van der Waals surface area (Å²) < 4.78 is 0.910. The van der Waals surface area contributed by atoms with E-state index in [9.17, 15) is 4.79 Å². The number of nitrogens with one attached hydrogen (secondary N) is 1. The highest BCUT2D eigenvalue weighted by Crippen LogP contribution is 2.07. The Hall–Kier alpha value is -0.940. The minimum absolute atomic E-state index is 0.459. The Bertz CT molecular complexity index is 313. The van der Waals surface area contributed by atoms with E-state index in [1.807, 2.05) is 12.1 Å². The van der Waals surface area contributed by atoms with E-state index >= 15 is 0 Å². The first-order valence-electron chi connectivity index (χ1n) is 4.16. The molecule has 0 amide bonds. The zero-order chi connectivity index (χ0) is 10.6. The fraction of sp³-hybridized carbons (Fsp3) is 0.333. The average molecular weight is 259 g/mol. The fourth-order valence-electron chi connectivity index (χ4n) is 0.856. The van der Waals surface area contributed by atoms with E-state index < -0.39 is 12.0 Å². The molecule has 0 radical (unpaired) electrons. The maximum Gasteiger partial charge on any atom is 0.320 e. The summed E-state index contributed by atoms with van der Waals surface area (Å²) in [6.07, 6.45) is 1.68. The summed E-state index contributed by atoms with van der Waals surface area (Å²) in [5, 5.41) is 11.5. The molecule has 4 nitrogen and oxygen atoms in total. The summed E-state index contributed by atoms with van der Waals surface area (Å²) >= 11 is 3.27. The second-order valence-electron chi connectivity index (χ2n) is 2.91. The molecule has 0 aliphatic heterocycles. The van der Waals surface area contributed by atoms with Crippen molar-refractivity contribution in [1.29, 1.82) is 0 Å². The second kappa shape index (κ2) is 5.07. The SMILES string of the molecule is C[C@H](NCc1ccc(Br)cn1)C(=O)O. The van der Waals surface area contributed by atoms with Gasteiger partial charge in [-0.2, -0.15) is 0 Å². The summed E-state index contributed by atoms with van der Waals surface area (Å²) in [7, 11) is 0. The molecule has 0 spiro atoms. The summed E-state index contributed by atoms with van der Waals surface area (Å²) in [5.41, 5.74) is 0.821. The molecule has 0 saturated heterocycles. The van der Waals surface area contributed by atoms with Gasteiger partial charge in [0.05, 0.1) is 5.69 Å². The van der Waals surface area contributed by atoms with Crippen LogP contribution in [0.3, 0.4) is 0 Å². The highest BCUT2D eigenvalue weighted by molar-refractivity contribution is 9.10. The maximum atomic E-state index is 10.5. The molecule has 76 valence electrons. The lowest BCUT2D eigenvalue weighted by molar-refractivity contribution is -0.139. The zero-order valence-corrected chi connectivity index (χ0v) is 9.28. The van der Waals surface area contributed by atoms with Crippen LogP contribution < -0.4 is 5.32 Å². The van der Waals surface area contributed by atoms with Crippen molar-refractivity contribution in [3.8, 4) is 0 Å². The van der Waals surface area contributed by atoms with Crippen LogP contribution in [0.5, 0.6) is 0 Å². The number of carboxylic acid groups (broad SMARTS) is 1. The molecule has 2 N–H and O–H groups in total. The van der Waals surface area contributed by atoms with E-state index in [2.05, 4.69) is 26.2 Å². The van der Waals surface area contributed by atoms with Crippen molar-refractivity contribution in [2.24, 2.45) is 0 Å². The molecule has 1 rings (SSSR count). The zero-order valence-electron chi connectivity index (χ0n) is 7.70. The van der Waals surface area contributed by atoms with Gasteiger partial charge in [-0.25, -0.2) is 0 Å². The molecule has 1 aromatic heterocycles. The largest absolute Gasteiger partial charge is 0.480 e. The Kier molecular flexibility index (Phi) is 4.03. The molecule has 0 aliphatic rings. The highest BCUT2D eigenvalue weighted by Gasteiger charge is 2.09. The first kappa shape index (κ1) is 11.1. The van der Waals surface area contributed by atoms with Crippen LogP contribution >= 0.6 is 15.9 Å². The maximum absolute atomic E-state index is 10.5. The van der Waals surface area contributed by atoms with Crippen LogP contribution in [0, 0.1) is 0 Å². The standard InChI is InChI=1S/C9H11BrN2O2/c1-6(9(13)14)11-5-8-3-2-7(10)4-12-8/h2-4,6,11H,5H2,1H3,(H,13,14)/t6-/m0/s1. The van der Waals surface area contributed by atoms with Gasteiger partial charge in [-0.3, -0.25) is 15.1 Å². The molecule has 0 unspecified atom stereocenters. The second-order valence-corrected chi connectivity index (χ2v) is 3.82. The quantitative estimate of drug-likeness (QED) is 0.858. The highest BCUT2D eigenvalue weighted by atomic mass is 79.9. The smallest absolute Gasteiger partial charge is 0.320 e. The molecule has 1 atom stereocenters. The first-order chi connectivity index (χ1) is 6.59. The van der Waals surface area contributed by atoms with Crippen molar-refractivity contribution in [3.63, 3.8) is 0 Å². The van der Waals surface area contributed by atoms with E-state index in [0.29, 0.717) is 6.54 Å². The van der Waals surface area contributed by atoms with E-state index in [0.717, 1.165) is 10.2 Å². The molecular weight excluding hydrogens is 248 g/mol. The molecular formula is C9H11BrN2O2. The minimum atomic E-state index is -0.859. The summed E-state index contributed by atoms with van der Waals surface area (Å²) in [6.45, 7) is 2.06. The van der Waals surface area contributed by atoms with Crippen LogP contribution in [-0.2, 0) is 11.3 Å². The lowest BCUT2D eigenvalue weighted by Gasteiger charge is -2.07. The molecule has 1 heterocycles. The molecule has 0 aromatic carbocycles.